The molecule has 2 rings (SSSR count). The molecule has 1 N–H and O–H groups in total. The Morgan fingerprint density at radius 3 is 2.24 bits per heavy atom. The van der Waals surface area contributed by atoms with Gasteiger partial charge in [0.05, 0.1) is 24.6 Å². The average molecular weight is 419 g/mol. The minimum atomic E-state index is -3.67. The summed E-state index contributed by atoms with van der Waals surface area (Å²) < 4.78 is 31.4. The second-order valence-corrected chi connectivity index (χ2v) is 9.11. The van der Waals surface area contributed by atoms with Crippen molar-refractivity contribution in [3.05, 3.63) is 59.2 Å². The summed E-state index contributed by atoms with van der Waals surface area (Å²) in [5.74, 6) is 0.280. The SMILES string of the molecule is CCOc1ccc(N([C@H](C)C(=O)N[C@@H](C)c2ccc(C)cc2C)S(C)(=O)=O)cc1. The second kappa shape index (κ2) is 9.31. The molecule has 0 aromatic heterocycles. The zero-order valence-electron chi connectivity index (χ0n) is 17.9. The standard InChI is InChI=1S/C22H30N2O4S/c1-7-28-20-11-9-19(10-12-20)24(29(6,26)27)18(5)22(25)23-17(4)21-13-8-15(2)14-16(21)3/h8-14,17-18H,7H2,1-6H3,(H,23,25)/t17-,18+/m0/s1. The van der Waals surface area contributed by atoms with Crippen molar-refractivity contribution < 1.29 is 17.9 Å². The molecule has 2 aromatic carbocycles. The maximum Gasteiger partial charge on any atom is 0.244 e. The highest BCUT2D eigenvalue weighted by molar-refractivity contribution is 7.92. The van der Waals surface area contributed by atoms with Gasteiger partial charge < -0.3 is 10.1 Å². The molecule has 0 spiro atoms. The lowest BCUT2D eigenvalue weighted by Gasteiger charge is -2.29. The van der Waals surface area contributed by atoms with E-state index in [4.69, 9.17) is 4.74 Å². The number of nitrogens with one attached hydrogen (secondary N) is 1. The summed E-state index contributed by atoms with van der Waals surface area (Å²) in [6, 6.07) is 11.6. The third-order valence-electron chi connectivity index (χ3n) is 4.74. The minimum Gasteiger partial charge on any atom is -0.494 e. The van der Waals surface area contributed by atoms with Gasteiger partial charge in [-0.2, -0.15) is 0 Å². The molecule has 6 nitrogen and oxygen atoms in total. The van der Waals surface area contributed by atoms with Crippen LogP contribution in [0.1, 0.15) is 43.5 Å². The number of sulfonamides is 1. The molecule has 2 aromatic rings. The minimum absolute atomic E-state index is 0.243. The van der Waals surface area contributed by atoms with E-state index in [9.17, 15) is 13.2 Å². The number of rotatable bonds is 8. The molecule has 0 aliphatic heterocycles. The van der Waals surface area contributed by atoms with Crippen molar-refractivity contribution in [2.45, 2.75) is 46.7 Å². The van der Waals surface area contributed by atoms with Crippen LogP contribution >= 0.6 is 0 Å². The zero-order chi connectivity index (χ0) is 21.8. The molecule has 0 heterocycles. The Hall–Kier alpha value is -2.54. The molecular weight excluding hydrogens is 388 g/mol. The highest BCUT2D eigenvalue weighted by Gasteiger charge is 2.30. The topological polar surface area (TPSA) is 75.7 Å². The summed E-state index contributed by atoms with van der Waals surface area (Å²) in [7, 11) is -3.67. The van der Waals surface area contributed by atoms with Gasteiger partial charge in [0.15, 0.2) is 0 Å². The highest BCUT2D eigenvalue weighted by Crippen LogP contribution is 2.25. The number of hydrogen-bond donors (Lipinski definition) is 1. The summed E-state index contributed by atoms with van der Waals surface area (Å²) in [5.41, 5.74) is 3.65. The van der Waals surface area contributed by atoms with Crippen molar-refractivity contribution in [1.82, 2.24) is 5.32 Å². The first-order valence-corrected chi connectivity index (χ1v) is 11.5. The monoisotopic (exact) mass is 418 g/mol. The molecule has 158 valence electrons. The first-order chi connectivity index (χ1) is 13.5. The molecule has 1 amide bonds. The number of carbonyl (C=O) groups excluding carboxylic acids is 1. The van der Waals surface area contributed by atoms with Crippen molar-refractivity contribution in [2.24, 2.45) is 0 Å². The molecule has 0 bridgehead atoms. The number of anilines is 1. The largest absolute Gasteiger partial charge is 0.494 e. The number of aryl methyl sites for hydroxylation is 2. The molecule has 0 fully saturated rings. The molecule has 0 saturated heterocycles. The molecule has 0 unspecified atom stereocenters. The Labute approximate surface area is 173 Å². The van der Waals surface area contributed by atoms with Crippen LogP contribution in [0.15, 0.2) is 42.5 Å². The average Bonchev–Trinajstić information content (AvgIpc) is 2.62. The van der Waals surface area contributed by atoms with E-state index in [1.54, 1.807) is 31.2 Å². The van der Waals surface area contributed by atoms with E-state index in [1.165, 1.54) is 0 Å². The summed E-state index contributed by atoms with van der Waals surface area (Å²) in [4.78, 5) is 12.9. The van der Waals surface area contributed by atoms with Crippen LogP contribution in [0, 0.1) is 13.8 Å². The van der Waals surface area contributed by atoms with Gasteiger partial charge in [-0.25, -0.2) is 8.42 Å². The predicted octanol–water partition coefficient (Wildman–Crippen LogP) is 3.73. The number of carbonyl (C=O) groups is 1. The van der Waals surface area contributed by atoms with Crippen LogP contribution in [0.2, 0.25) is 0 Å². The third kappa shape index (κ3) is 5.73. The maximum absolute atomic E-state index is 12.9. The van der Waals surface area contributed by atoms with E-state index in [-0.39, 0.29) is 11.9 Å². The first-order valence-electron chi connectivity index (χ1n) is 9.64. The molecule has 0 saturated carbocycles. The van der Waals surface area contributed by atoms with Crippen LogP contribution in [0.25, 0.3) is 0 Å². The predicted molar refractivity (Wildman–Crippen MR) is 117 cm³/mol. The normalized spacial score (nSPS) is 13.4. The fraction of sp³-hybridized carbons (Fsp3) is 0.409. The van der Waals surface area contributed by atoms with Gasteiger partial charge in [-0.1, -0.05) is 23.8 Å². The van der Waals surface area contributed by atoms with Gasteiger partial charge in [0.25, 0.3) is 0 Å². The van der Waals surface area contributed by atoms with E-state index in [0.29, 0.717) is 18.0 Å². The molecule has 0 radical (unpaired) electrons. The van der Waals surface area contributed by atoms with E-state index in [2.05, 4.69) is 11.4 Å². The van der Waals surface area contributed by atoms with Crippen LogP contribution in [0.5, 0.6) is 5.75 Å². The van der Waals surface area contributed by atoms with Crippen LogP contribution in [0.3, 0.4) is 0 Å². The number of benzene rings is 2. The summed E-state index contributed by atoms with van der Waals surface area (Å²) >= 11 is 0. The van der Waals surface area contributed by atoms with Crippen LogP contribution < -0.4 is 14.4 Å². The van der Waals surface area contributed by atoms with Gasteiger partial charge >= 0.3 is 0 Å². The lowest BCUT2D eigenvalue weighted by atomic mass is 10.00. The molecule has 29 heavy (non-hydrogen) atoms. The molecule has 2 atom stereocenters. The Morgan fingerprint density at radius 2 is 1.72 bits per heavy atom. The summed E-state index contributed by atoms with van der Waals surface area (Å²) in [6.07, 6.45) is 1.10. The number of amides is 1. The zero-order valence-corrected chi connectivity index (χ0v) is 18.7. The van der Waals surface area contributed by atoms with Crippen molar-refractivity contribution >= 4 is 21.6 Å². The van der Waals surface area contributed by atoms with Crippen LogP contribution in [-0.4, -0.2) is 33.2 Å². The van der Waals surface area contributed by atoms with E-state index in [0.717, 1.165) is 27.3 Å². The molecular formula is C22H30N2O4S. The third-order valence-corrected chi connectivity index (χ3v) is 5.98. The van der Waals surface area contributed by atoms with Gasteiger partial charge in [-0.3, -0.25) is 9.10 Å². The summed E-state index contributed by atoms with van der Waals surface area (Å²) in [6.45, 7) is 9.88. The number of hydrogen-bond acceptors (Lipinski definition) is 4. The Morgan fingerprint density at radius 1 is 1.10 bits per heavy atom. The van der Waals surface area contributed by atoms with Crippen molar-refractivity contribution in [3.63, 3.8) is 0 Å². The molecule has 0 aliphatic rings. The molecule has 0 aliphatic carbocycles. The number of ether oxygens (including phenoxy) is 1. The van der Waals surface area contributed by atoms with Crippen LogP contribution in [-0.2, 0) is 14.8 Å². The summed E-state index contributed by atoms with van der Waals surface area (Å²) in [5, 5.41) is 2.94. The van der Waals surface area contributed by atoms with Gasteiger partial charge in [0, 0.05) is 0 Å². The van der Waals surface area contributed by atoms with Crippen molar-refractivity contribution in [1.29, 1.82) is 0 Å². The fourth-order valence-electron chi connectivity index (χ4n) is 3.39. The maximum atomic E-state index is 12.9. The van der Waals surface area contributed by atoms with E-state index in [1.807, 2.05) is 39.8 Å². The fourth-order valence-corrected chi connectivity index (χ4v) is 4.56. The van der Waals surface area contributed by atoms with Gasteiger partial charge in [0.2, 0.25) is 15.9 Å². The molecule has 7 heteroatoms. The van der Waals surface area contributed by atoms with Crippen molar-refractivity contribution in [3.8, 4) is 5.75 Å². The van der Waals surface area contributed by atoms with Crippen molar-refractivity contribution in [2.75, 3.05) is 17.2 Å². The Balaban J connectivity index is 2.24. The smallest absolute Gasteiger partial charge is 0.244 e. The lowest BCUT2D eigenvalue weighted by molar-refractivity contribution is -0.122. The Kier molecular flexibility index (Phi) is 7.30. The lowest BCUT2D eigenvalue weighted by Crippen LogP contribution is -2.48. The van der Waals surface area contributed by atoms with Gasteiger partial charge in [-0.05, 0) is 70.0 Å². The second-order valence-electron chi connectivity index (χ2n) is 7.25. The first kappa shape index (κ1) is 22.7. The van der Waals surface area contributed by atoms with E-state index >= 15 is 0 Å². The quantitative estimate of drug-likeness (QED) is 0.709. The van der Waals surface area contributed by atoms with Gasteiger partial charge in [-0.15, -0.1) is 0 Å². The highest BCUT2D eigenvalue weighted by atomic mass is 32.2. The van der Waals surface area contributed by atoms with Gasteiger partial charge in [0.1, 0.15) is 11.8 Å². The number of nitrogens with zero attached hydrogens (tertiary/aromatic N) is 1. The van der Waals surface area contributed by atoms with Crippen LogP contribution in [0.4, 0.5) is 5.69 Å². The Bertz CT molecular complexity index is 955. The van der Waals surface area contributed by atoms with E-state index < -0.39 is 16.1 Å².